The summed E-state index contributed by atoms with van der Waals surface area (Å²) < 4.78 is 5.48. The highest BCUT2D eigenvalue weighted by Gasteiger charge is 2.23. The highest BCUT2D eigenvalue weighted by atomic mass is 16.3. The monoisotopic (exact) mass is 474 g/mol. The van der Waals surface area contributed by atoms with Gasteiger partial charge in [-0.25, -0.2) is 4.79 Å². The Morgan fingerprint density at radius 1 is 0.886 bits per heavy atom. The first kappa shape index (κ1) is 24.2. The standard InChI is InChI=1S/C27H30N4O4/c32-25(30-27(34)28-17-20-5-2-1-3-6-20)14-15-31(19-24-7-4-16-35-24)18-21-8-10-22(11-9-21)26(33)29-23-12-13-23/h1-11,16,23H,12-15,17-19H2,(H,29,33)(H2,28,30,32,34). The topological polar surface area (TPSA) is 104 Å². The number of carbonyl (C=O) groups is 3. The predicted octanol–water partition coefficient (Wildman–Crippen LogP) is 3.59. The van der Waals surface area contributed by atoms with Gasteiger partial charge in [0.2, 0.25) is 5.91 Å². The molecule has 1 saturated carbocycles. The van der Waals surface area contributed by atoms with Gasteiger partial charge in [-0.05, 0) is 48.2 Å². The Morgan fingerprint density at radius 3 is 2.34 bits per heavy atom. The number of imide groups is 1. The lowest BCUT2D eigenvalue weighted by atomic mass is 10.1. The van der Waals surface area contributed by atoms with Gasteiger partial charge in [-0.3, -0.25) is 19.8 Å². The summed E-state index contributed by atoms with van der Waals surface area (Å²) in [4.78, 5) is 38.7. The molecule has 0 spiro atoms. The Morgan fingerprint density at radius 2 is 1.66 bits per heavy atom. The van der Waals surface area contributed by atoms with Gasteiger partial charge in [-0.2, -0.15) is 0 Å². The van der Waals surface area contributed by atoms with Gasteiger partial charge in [-0.15, -0.1) is 0 Å². The van der Waals surface area contributed by atoms with Crippen LogP contribution in [0.4, 0.5) is 4.79 Å². The van der Waals surface area contributed by atoms with Crippen molar-refractivity contribution >= 4 is 17.8 Å². The molecule has 0 unspecified atom stereocenters. The lowest BCUT2D eigenvalue weighted by Crippen LogP contribution is -2.40. The van der Waals surface area contributed by atoms with Crippen LogP contribution in [-0.4, -0.2) is 35.3 Å². The molecule has 3 N–H and O–H groups in total. The number of nitrogens with zero attached hydrogens (tertiary/aromatic N) is 1. The summed E-state index contributed by atoms with van der Waals surface area (Å²) in [5, 5.41) is 8.06. The van der Waals surface area contributed by atoms with E-state index < -0.39 is 6.03 Å². The molecule has 0 atom stereocenters. The van der Waals surface area contributed by atoms with Crippen molar-refractivity contribution in [3.05, 3.63) is 95.4 Å². The normalized spacial score (nSPS) is 12.8. The molecular weight excluding hydrogens is 444 g/mol. The second-order valence-corrected chi connectivity index (χ2v) is 8.70. The quantitative estimate of drug-likeness (QED) is 0.394. The molecule has 1 heterocycles. The first-order valence-corrected chi connectivity index (χ1v) is 11.8. The smallest absolute Gasteiger partial charge is 0.321 e. The second-order valence-electron chi connectivity index (χ2n) is 8.70. The van der Waals surface area contributed by atoms with E-state index >= 15 is 0 Å². The summed E-state index contributed by atoms with van der Waals surface area (Å²) in [5.74, 6) is 0.382. The molecule has 0 bridgehead atoms. The number of rotatable bonds is 11. The molecular formula is C27H30N4O4. The van der Waals surface area contributed by atoms with Gasteiger partial charge in [-0.1, -0.05) is 42.5 Å². The zero-order chi connectivity index (χ0) is 24.5. The molecule has 4 rings (SSSR count). The Hall–Kier alpha value is -3.91. The Kier molecular flexibility index (Phi) is 8.30. The van der Waals surface area contributed by atoms with Crippen molar-refractivity contribution in [3.8, 4) is 0 Å². The second kappa shape index (κ2) is 12.0. The third-order valence-electron chi connectivity index (χ3n) is 5.70. The van der Waals surface area contributed by atoms with Crippen LogP contribution >= 0.6 is 0 Å². The molecule has 1 fully saturated rings. The molecule has 8 nitrogen and oxygen atoms in total. The summed E-state index contributed by atoms with van der Waals surface area (Å²) in [6.45, 7) is 1.87. The molecule has 0 saturated heterocycles. The number of hydrogen-bond donors (Lipinski definition) is 3. The highest BCUT2D eigenvalue weighted by Crippen LogP contribution is 2.19. The van der Waals surface area contributed by atoms with Gasteiger partial charge < -0.3 is 15.1 Å². The fourth-order valence-electron chi connectivity index (χ4n) is 3.62. The van der Waals surface area contributed by atoms with E-state index in [0.717, 1.165) is 29.7 Å². The third kappa shape index (κ3) is 8.12. The molecule has 35 heavy (non-hydrogen) atoms. The molecule has 1 aromatic heterocycles. The number of hydrogen-bond acceptors (Lipinski definition) is 5. The molecule has 182 valence electrons. The Balaban J connectivity index is 1.27. The van der Waals surface area contributed by atoms with Gasteiger partial charge >= 0.3 is 6.03 Å². The predicted molar refractivity (Wildman–Crippen MR) is 131 cm³/mol. The van der Waals surface area contributed by atoms with E-state index in [1.807, 2.05) is 66.7 Å². The van der Waals surface area contributed by atoms with Crippen LogP contribution in [-0.2, 0) is 24.4 Å². The average Bonchev–Trinajstić information content (AvgIpc) is 3.53. The van der Waals surface area contributed by atoms with Gasteiger partial charge in [0.1, 0.15) is 5.76 Å². The van der Waals surface area contributed by atoms with E-state index in [-0.39, 0.29) is 18.2 Å². The van der Waals surface area contributed by atoms with Crippen molar-refractivity contribution in [1.29, 1.82) is 0 Å². The molecule has 4 amide bonds. The number of amides is 4. The minimum atomic E-state index is -0.517. The van der Waals surface area contributed by atoms with Gasteiger partial charge in [0, 0.05) is 37.7 Å². The van der Waals surface area contributed by atoms with E-state index in [2.05, 4.69) is 20.9 Å². The van der Waals surface area contributed by atoms with Crippen molar-refractivity contribution in [3.63, 3.8) is 0 Å². The third-order valence-corrected chi connectivity index (χ3v) is 5.70. The summed E-state index contributed by atoms with van der Waals surface area (Å²) in [7, 11) is 0. The first-order chi connectivity index (χ1) is 17.0. The van der Waals surface area contributed by atoms with Crippen LogP contribution in [0.15, 0.2) is 77.4 Å². The number of nitrogens with one attached hydrogen (secondary N) is 3. The summed E-state index contributed by atoms with van der Waals surface area (Å²) >= 11 is 0. The van der Waals surface area contributed by atoms with Crippen LogP contribution in [0.1, 0.15) is 46.5 Å². The van der Waals surface area contributed by atoms with Crippen LogP contribution in [0.25, 0.3) is 0 Å². The van der Waals surface area contributed by atoms with E-state index in [4.69, 9.17) is 4.42 Å². The van der Waals surface area contributed by atoms with Crippen molar-refractivity contribution in [2.24, 2.45) is 0 Å². The van der Waals surface area contributed by atoms with Crippen molar-refractivity contribution in [1.82, 2.24) is 20.9 Å². The molecule has 8 heteroatoms. The summed E-state index contributed by atoms with van der Waals surface area (Å²) in [5.41, 5.74) is 2.61. The zero-order valence-electron chi connectivity index (χ0n) is 19.5. The van der Waals surface area contributed by atoms with Gasteiger partial charge in [0.15, 0.2) is 0 Å². The molecule has 0 radical (unpaired) electrons. The van der Waals surface area contributed by atoms with Crippen LogP contribution < -0.4 is 16.0 Å². The Bertz CT molecular complexity index is 1110. The maximum Gasteiger partial charge on any atom is 0.321 e. The van der Waals surface area contributed by atoms with Crippen LogP contribution in [0.5, 0.6) is 0 Å². The van der Waals surface area contributed by atoms with Crippen molar-refractivity contribution in [2.45, 2.75) is 44.9 Å². The molecule has 2 aromatic carbocycles. The highest BCUT2D eigenvalue weighted by molar-refractivity contribution is 5.95. The van der Waals surface area contributed by atoms with E-state index in [1.165, 1.54) is 0 Å². The average molecular weight is 475 g/mol. The maximum atomic E-state index is 12.4. The Labute approximate surface area is 204 Å². The van der Waals surface area contributed by atoms with E-state index in [9.17, 15) is 14.4 Å². The lowest BCUT2D eigenvalue weighted by molar-refractivity contribution is -0.120. The number of furan rings is 1. The molecule has 1 aliphatic carbocycles. The SMILES string of the molecule is O=C(CCN(Cc1ccc(C(=O)NC2CC2)cc1)Cc1ccco1)NC(=O)NCc1ccccc1. The minimum absolute atomic E-state index is 0.0475. The van der Waals surface area contributed by atoms with Gasteiger partial charge in [0.25, 0.3) is 5.91 Å². The van der Waals surface area contributed by atoms with E-state index in [0.29, 0.717) is 37.8 Å². The van der Waals surface area contributed by atoms with Crippen molar-refractivity contribution in [2.75, 3.05) is 6.54 Å². The lowest BCUT2D eigenvalue weighted by Gasteiger charge is -2.21. The first-order valence-electron chi connectivity index (χ1n) is 11.8. The number of benzene rings is 2. The largest absolute Gasteiger partial charge is 0.468 e. The van der Waals surface area contributed by atoms with Crippen LogP contribution in [0.3, 0.4) is 0 Å². The van der Waals surface area contributed by atoms with Crippen molar-refractivity contribution < 1.29 is 18.8 Å². The maximum absolute atomic E-state index is 12.4. The number of urea groups is 1. The van der Waals surface area contributed by atoms with E-state index in [1.54, 1.807) is 6.26 Å². The minimum Gasteiger partial charge on any atom is -0.468 e. The molecule has 0 aliphatic heterocycles. The molecule has 1 aliphatic rings. The molecule has 3 aromatic rings. The fourth-order valence-corrected chi connectivity index (χ4v) is 3.62. The van der Waals surface area contributed by atoms with Gasteiger partial charge in [0.05, 0.1) is 12.8 Å². The number of carbonyl (C=O) groups excluding carboxylic acids is 3. The zero-order valence-corrected chi connectivity index (χ0v) is 19.5. The summed E-state index contributed by atoms with van der Waals surface area (Å²) in [6.07, 6.45) is 3.87. The summed E-state index contributed by atoms with van der Waals surface area (Å²) in [6, 6.07) is 20.5. The fraction of sp³-hybridized carbons (Fsp3) is 0.296. The van der Waals surface area contributed by atoms with Crippen LogP contribution in [0, 0.1) is 0 Å². The van der Waals surface area contributed by atoms with Crippen LogP contribution in [0.2, 0.25) is 0 Å².